The lowest BCUT2D eigenvalue weighted by atomic mass is 10.2. The Kier molecular flexibility index (Phi) is 5.10. The Morgan fingerprint density at radius 3 is 2.76 bits per heavy atom. The Balaban J connectivity index is 1.62. The van der Waals surface area contributed by atoms with E-state index in [1.807, 2.05) is 0 Å². The van der Waals surface area contributed by atoms with Crippen LogP contribution in [0.2, 0.25) is 0 Å². The van der Waals surface area contributed by atoms with Crippen molar-refractivity contribution in [1.82, 2.24) is 14.8 Å². The maximum atomic E-state index is 12.6. The number of aromatic nitrogens is 3. The summed E-state index contributed by atoms with van der Waals surface area (Å²) >= 11 is 2.63. The van der Waals surface area contributed by atoms with E-state index >= 15 is 0 Å². The summed E-state index contributed by atoms with van der Waals surface area (Å²) in [6.45, 7) is 2.03. The van der Waals surface area contributed by atoms with Gasteiger partial charge in [-0.2, -0.15) is 13.2 Å². The molecule has 25 heavy (non-hydrogen) atoms. The third-order valence-electron chi connectivity index (χ3n) is 3.85. The van der Waals surface area contributed by atoms with Crippen LogP contribution < -0.4 is 5.32 Å². The number of carbonyl (C=O) groups is 1. The molecule has 1 saturated carbocycles. The van der Waals surface area contributed by atoms with Crippen LogP contribution in [0.15, 0.2) is 10.4 Å². The Hall–Kier alpha value is -1.55. The first-order valence-electron chi connectivity index (χ1n) is 7.72. The van der Waals surface area contributed by atoms with Crippen molar-refractivity contribution in [1.29, 1.82) is 0 Å². The highest BCUT2D eigenvalue weighted by atomic mass is 32.2. The van der Waals surface area contributed by atoms with Crippen molar-refractivity contribution >= 4 is 34.0 Å². The number of nitrogens with zero attached hydrogens (tertiary/aromatic N) is 3. The van der Waals surface area contributed by atoms with Gasteiger partial charge in [0.2, 0.25) is 5.13 Å². The smallest absolute Gasteiger partial charge is 0.357 e. The van der Waals surface area contributed by atoms with Crippen LogP contribution in [0.5, 0.6) is 0 Å². The number of hydrogen-bond donors (Lipinski definition) is 1. The molecule has 1 aliphatic carbocycles. The van der Waals surface area contributed by atoms with Gasteiger partial charge in [-0.3, -0.25) is 4.79 Å². The molecule has 0 saturated heterocycles. The molecule has 3 rings (SSSR count). The first kappa shape index (κ1) is 18.2. The highest BCUT2D eigenvalue weighted by Gasteiger charge is 2.30. The highest BCUT2D eigenvalue weighted by Crippen LogP contribution is 2.31. The van der Waals surface area contributed by atoms with Crippen molar-refractivity contribution in [2.75, 3.05) is 11.1 Å². The highest BCUT2D eigenvalue weighted by molar-refractivity contribution is 8.01. The molecule has 1 N–H and O–H groups in total. The fourth-order valence-corrected chi connectivity index (χ4v) is 4.15. The average Bonchev–Trinajstić information content (AvgIpc) is 3.15. The third-order valence-corrected chi connectivity index (χ3v) is 5.84. The van der Waals surface area contributed by atoms with E-state index in [2.05, 4.69) is 15.5 Å². The summed E-state index contributed by atoms with van der Waals surface area (Å²) in [6, 6.07) is 2.00. The van der Waals surface area contributed by atoms with E-state index in [0.717, 1.165) is 22.5 Å². The normalized spacial score (nSPS) is 14.8. The molecule has 2 aromatic heterocycles. The van der Waals surface area contributed by atoms with Crippen molar-refractivity contribution in [2.24, 2.45) is 0 Å². The summed E-state index contributed by atoms with van der Waals surface area (Å²) in [7, 11) is 0. The van der Waals surface area contributed by atoms with Crippen LogP contribution in [0.4, 0.5) is 18.3 Å². The first-order valence-corrected chi connectivity index (χ1v) is 9.52. The molecule has 0 amide bonds. The van der Waals surface area contributed by atoms with Gasteiger partial charge in [0.25, 0.3) is 0 Å². The molecule has 0 bridgehead atoms. The van der Waals surface area contributed by atoms with Crippen molar-refractivity contribution in [3.63, 3.8) is 0 Å². The molecule has 0 spiro atoms. The van der Waals surface area contributed by atoms with Gasteiger partial charge in [-0.05, 0) is 32.8 Å². The predicted octanol–water partition coefficient (Wildman–Crippen LogP) is 4.07. The van der Waals surface area contributed by atoms with Gasteiger partial charge in [0.1, 0.15) is 6.54 Å². The predicted molar refractivity (Wildman–Crippen MR) is 91.6 cm³/mol. The molecule has 0 aliphatic heterocycles. The fraction of sp³-hybridized carbons (Fsp3) is 0.533. The van der Waals surface area contributed by atoms with E-state index in [1.54, 1.807) is 13.8 Å². The van der Waals surface area contributed by atoms with Crippen molar-refractivity contribution in [3.05, 3.63) is 23.0 Å². The lowest BCUT2D eigenvalue weighted by Gasteiger charge is -2.12. The van der Waals surface area contributed by atoms with Gasteiger partial charge in [0, 0.05) is 23.0 Å². The minimum absolute atomic E-state index is 0.119. The molecule has 0 radical (unpaired) electrons. The topological polar surface area (TPSA) is 59.8 Å². The number of ketones is 1. The van der Waals surface area contributed by atoms with E-state index in [-0.39, 0.29) is 11.5 Å². The van der Waals surface area contributed by atoms with Gasteiger partial charge in [0.15, 0.2) is 10.1 Å². The van der Waals surface area contributed by atoms with Gasteiger partial charge < -0.3 is 9.88 Å². The van der Waals surface area contributed by atoms with Gasteiger partial charge in [0.05, 0.1) is 5.75 Å². The second-order valence-corrected chi connectivity index (χ2v) is 8.19. The van der Waals surface area contributed by atoms with Gasteiger partial charge in [-0.1, -0.05) is 23.1 Å². The molecular weight excluding hydrogens is 373 g/mol. The quantitative estimate of drug-likeness (QED) is 0.571. The summed E-state index contributed by atoms with van der Waals surface area (Å²) in [4.78, 5) is 12.4. The zero-order valence-corrected chi connectivity index (χ0v) is 15.3. The van der Waals surface area contributed by atoms with Crippen molar-refractivity contribution < 1.29 is 18.0 Å². The Morgan fingerprint density at radius 1 is 1.40 bits per heavy atom. The van der Waals surface area contributed by atoms with Gasteiger partial charge in [-0.25, -0.2) is 0 Å². The van der Waals surface area contributed by atoms with Crippen LogP contribution in [0, 0.1) is 13.8 Å². The zero-order valence-electron chi connectivity index (χ0n) is 13.7. The number of nitrogens with one attached hydrogen (secondary N) is 1. The summed E-state index contributed by atoms with van der Waals surface area (Å²) in [6.07, 6.45) is -2.05. The molecule has 0 aromatic carbocycles. The molecular formula is C15H17F3N4OS2. The number of thioether (sulfide) groups is 1. The van der Waals surface area contributed by atoms with Gasteiger partial charge in [-0.15, -0.1) is 10.2 Å². The molecule has 0 atom stereocenters. The van der Waals surface area contributed by atoms with Crippen LogP contribution in [0.1, 0.15) is 34.6 Å². The number of rotatable bonds is 7. The second kappa shape index (κ2) is 6.99. The van der Waals surface area contributed by atoms with Gasteiger partial charge >= 0.3 is 6.18 Å². The van der Waals surface area contributed by atoms with Crippen LogP contribution in [0.3, 0.4) is 0 Å². The number of carbonyl (C=O) groups excluding carboxylic acids is 1. The minimum Gasteiger partial charge on any atom is -0.357 e. The third kappa shape index (κ3) is 4.75. The van der Waals surface area contributed by atoms with Crippen molar-refractivity contribution in [3.8, 4) is 0 Å². The molecule has 1 aliphatic rings. The summed E-state index contributed by atoms with van der Waals surface area (Å²) in [5, 5.41) is 12.0. The lowest BCUT2D eigenvalue weighted by molar-refractivity contribution is -0.141. The SMILES string of the molecule is Cc1cc(C(=O)CSc2nnc(NC3CC3)s2)c(C)n1CC(F)(F)F. The van der Waals surface area contributed by atoms with E-state index in [0.29, 0.717) is 27.3 Å². The van der Waals surface area contributed by atoms with Crippen LogP contribution in [0.25, 0.3) is 0 Å². The molecule has 136 valence electrons. The maximum absolute atomic E-state index is 12.6. The molecule has 0 unspecified atom stereocenters. The molecule has 1 fully saturated rings. The summed E-state index contributed by atoms with van der Waals surface area (Å²) in [5.41, 5.74) is 1.10. The van der Waals surface area contributed by atoms with Crippen LogP contribution in [-0.2, 0) is 6.54 Å². The standard InChI is InChI=1S/C15H17F3N4OS2/c1-8-5-11(9(2)22(8)7-15(16,17)18)12(23)6-24-14-21-20-13(25-14)19-10-3-4-10/h5,10H,3-4,6-7H2,1-2H3,(H,19,20). The molecule has 2 heterocycles. The number of hydrogen-bond acceptors (Lipinski definition) is 6. The number of halogens is 3. The number of alkyl halides is 3. The van der Waals surface area contributed by atoms with E-state index in [4.69, 9.17) is 0 Å². The first-order chi connectivity index (χ1) is 11.7. The van der Waals surface area contributed by atoms with Crippen LogP contribution >= 0.6 is 23.1 Å². The lowest BCUT2D eigenvalue weighted by Crippen LogP contribution is -2.19. The van der Waals surface area contributed by atoms with E-state index < -0.39 is 12.7 Å². The Bertz CT molecular complexity index is 780. The van der Waals surface area contributed by atoms with Crippen molar-refractivity contribution in [2.45, 2.75) is 49.8 Å². The number of Topliss-reactive ketones (excluding diaryl/α,β-unsaturated/α-hetero) is 1. The molecule has 5 nitrogen and oxygen atoms in total. The molecule has 2 aromatic rings. The minimum atomic E-state index is -4.32. The maximum Gasteiger partial charge on any atom is 0.406 e. The fourth-order valence-electron chi connectivity index (χ4n) is 2.44. The summed E-state index contributed by atoms with van der Waals surface area (Å²) in [5.74, 6) is -0.0904. The zero-order chi connectivity index (χ0) is 18.2. The van der Waals surface area contributed by atoms with Crippen LogP contribution in [-0.4, -0.2) is 38.5 Å². The number of aryl methyl sites for hydroxylation is 1. The monoisotopic (exact) mass is 390 g/mol. The Morgan fingerprint density at radius 2 is 2.12 bits per heavy atom. The Labute approximate surface area is 151 Å². The number of anilines is 1. The van der Waals surface area contributed by atoms with E-state index in [1.165, 1.54) is 29.2 Å². The van der Waals surface area contributed by atoms with E-state index in [9.17, 15) is 18.0 Å². The largest absolute Gasteiger partial charge is 0.406 e. The second-order valence-electron chi connectivity index (χ2n) is 5.99. The summed E-state index contributed by atoms with van der Waals surface area (Å²) < 4.78 is 39.7. The average molecular weight is 390 g/mol. The molecule has 10 heteroatoms.